The van der Waals surface area contributed by atoms with Crippen molar-refractivity contribution in [3.05, 3.63) is 27.4 Å². The SMILES string of the molecule is COC(=O)c1cc(C(F)F)nc([N+](=O)[O-])c1OC(F)(F)F. The number of halogens is 5. The molecule has 7 nitrogen and oxygen atoms in total. The molecule has 0 saturated carbocycles. The average molecular weight is 316 g/mol. The van der Waals surface area contributed by atoms with E-state index >= 15 is 0 Å². The first-order chi connectivity index (χ1) is 9.56. The highest BCUT2D eigenvalue weighted by Gasteiger charge is 2.40. The lowest BCUT2D eigenvalue weighted by molar-refractivity contribution is -0.393. The molecule has 0 spiro atoms. The zero-order valence-corrected chi connectivity index (χ0v) is 9.98. The van der Waals surface area contributed by atoms with E-state index in [1.807, 2.05) is 0 Å². The molecule has 12 heteroatoms. The molecule has 21 heavy (non-hydrogen) atoms. The highest BCUT2D eigenvalue weighted by atomic mass is 19.4. The molecule has 1 aromatic heterocycles. The first-order valence-corrected chi connectivity index (χ1v) is 4.88. The van der Waals surface area contributed by atoms with Gasteiger partial charge in [-0.3, -0.25) is 0 Å². The summed E-state index contributed by atoms with van der Waals surface area (Å²) < 4.78 is 69.1. The molecule has 0 amide bonds. The van der Waals surface area contributed by atoms with Gasteiger partial charge in [-0.1, -0.05) is 0 Å². The normalized spacial score (nSPS) is 11.4. The van der Waals surface area contributed by atoms with Gasteiger partial charge >= 0.3 is 24.6 Å². The Morgan fingerprint density at radius 1 is 1.43 bits per heavy atom. The van der Waals surface area contributed by atoms with Crippen LogP contribution in [0.3, 0.4) is 0 Å². The van der Waals surface area contributed by atoms with E-state index in [2.05, 4.69) is 14.5 Å². The van der Waals surface area contributed by atoms with Crippen molar-refractivity contribution in [3.8, 4) is 5.75 Å². The Bertz CT molecular complexity index is 574. The van der Waals surface area contributed by atoms with Gasteiger partial charge in [-0.15, -0.1) is 13.2 Å². The summed E-state index contributed by atoms with van der Waals surface area (Å²) in [6, 6.07) is 0.227. The van der Waals surface area contributed by atoms with E-state index in [4.69, 9.17) is 0 Å². The van der Waals surface area contributed by atoms with E-state index in [9.17, 15) is 36.9 Å². The van der Waals surface area contributed by atoms with Crippen LogP contribution in [0.15, 0.2) is 6.07 Å². The standard InChI is InChI=1S/C9H5F5N2O5/c1-20-8(17)3-2-4(6(10)11)15-7(16(18)19)5(3)21-9(12,13)14/h2,6H,1H3. The van der Waals surface area contributed by atoms with E-state index in [1.54, 1.807) is 0 Å². The lowest BCUT2D eigenvalue weighted by atomic mass is 10.2. The van der Waals surface area contributed by atoms with Gasteiger partial charge in [0.25, 0.3) is 0 Å². The molecule has 0 bridgehead atoms. The molecule has 0 aliphatic rings. The first-order valence-electron chi connectivity index (χ1n) is 4.88. The van der Waals surface area contributed by atoms with Gasteiger partial charge in [0.05, 0.1) is 7.11 Å². The minimum Gasteiger partial charge on any atom is -0.465 e. The van der Waals surface area contributed by atoms with E-state index in [-0.39, 0.29) is 6.07 Å². The molecular formula is C9H5F5N2O5. The van der Waals surface area contributed by atoms with E-state index in [0.717, 1.165) is 7.11 Å². The summed E-state index contributed by atoms with van der Waals surface area (Å²) in [5.74, 6) is -4.82. The fourth-order valence-corrected chi connectivity index (χ4v) is 1.25. The van der Waals surface area contributed by atoms with Crippen molar-refractivity contribution in [2.75, 3.05) is 7.11 Å². The minimum atomic E-state index is -5.40. The predicted molar refractivity (Wildman–Crippen MR) is 53.9 cm³/mol. The quantitative estimate of drug-likeness (QED) is 0.367. The van der Waals surface area contributed by atoms with Crippen LogP contribution in [-0.2, 0) is 4.74 Å². The Balaban J connectivity index is 3.62. The largest absolute Gasteiger partial charge is 0.573 e. The van der Waals surface area contributed by atoms with Crippen LogP contribution < -0.4 is 4.74 Å². The summed E-state index contributed by atoms with van der Waals surface area (Å²) >= 11 is 0. The summed E-state index contributed by atoms with van der Waals surface area (Å²) in [6.45, 7) is 0. The van der Waals surface area contributed by atoms with E-state index in [0.29, 0.717) is 0 Å². The molecule has 0 N–H and O–H groups in total. The fraction of sp³-hybridized carbons (Fsp3) is 0.333. The van der Waals surface area contributed by atoms with Crippen LogP contribution in [-0.4, -0.2) is 29.3 Å². The van der Waals surface area contributed by atoms with E-state index < -0.39 is 46.5 Å². The molecule has 0 saturated heterocycles. The first kappa shape index (κ1) is 16.5. The highest BCUT2D eigenvalue weighted by molar-refractivity contribution is 5.93. The minimum absolute atomic E-state index is 0.227. The summed E-state index contributed by atoms with van der Waals surface area (Å²) in [5, 5.41) is 10.6. The third-order valence-electron chi connectivity index (χ3n) is 1.99. The van der Waals surface area contributed by atoms with Crippen molar-refractivity contribution < 1.29 is 41.1 Å². The smallest absolute Gasteiger partial charge is 0.465 e. The number of pyridine rings is 1. The number of hydrogen-bond donors (Lipinski definition) is 0. The molecule has 1 aromatic rings. The molecule has 0 aromatic carbocycles. The predicted octanol–water partition coefficient (Wildman–Crippen LogP) is 2.61. The number of ether oxygens (including phenoxy) is 2. The van der Waals surface area contributed by atoms with Gasteiger partial charge in [-0.2, -0.15) is 0 Å². The Kier molecular flexibility index (Phi) is 4.60. The van der Waals surface area contributed by atoms with Crippen molar-refractivity contribution in [3.63, 3.8) is 0 Å². The maximum absolute atomic E-state index is 12.5. The van der Waals surface area contributed by atoms with Gasteiger partial charge in [0, 0.05) is 6.07 Å². The second-order valence-corrected chi connectivity index (χ2v) is 3.34. The van der Waals surface area contributed by atoms with E-state index in [1.165, 1.54) is 0 Å². The van der Waals surface area contributed by atoms with Crippen molar-refractivity contribution in [1.82, 2.24) is 4.98 Å². The molecule has 0 atom stereocenters. The number of carbonyl (C=O) groups is 1. The number of esters is 1. The maximum Gasteiger partial charge on any atom is 0.573 e. The number of aromatic nitrogens is 1. The number of methoxy groups -OCH3 is 1. The number of hydrogen-bond acceptors (Lipinski definition) is 6. The third-order valence-corrected chi connectivity index (χ3v) is 1.99. The van der Waals surface area contributed by atoms with Crippen LogP contribution in [0.4, 0.5) is 27.8 Å². The average Bonchev–Trinajstić information content (AvgIpc) is 2.35. The Morgan fingerprint density at radius 2 is 2.00 bits per heavy atom. The number of nitrogens with zero attached hydrogens (tertiary/aromatic N) is 2. The summed E-state index contributed by atoms with van der Waals surface area (Å²) in [4.78, 5) is 23.2. The second-order valence-electron chi connectivity index (χ2n) is 3.34. The van der Waals surface area contributed by atoms with Crippen molar-refractivity contribution >= 4 is 11.8 Å². The van der Waals surface area contributed by atoms with Gasteiger partial charge in [-0.05, 0) is 9.91 Å². The molecular weight excluding hydrogens is 311 g/mol. The number of nitro groups is 1. The van der Waals surface area contributed by atoms with Crippen molar-refractivity contribution in [1.29, 1.82) is 0 Å². The molecule has 1 rings (SSSR count). The van der Waals surface area contributed by atoms with Crippen LogP contribution >= 0.6 is 0 Å². The Labute approximate surface area is 112 Å². The number of alkyl halides is 5. The number of rotatable bonds is 4. The van der Waals surface area contributed by atoms with Crippen LogP contribution in [0.25, 0.3) is 0 Å². The lowest BCUT2D eigenvalue weighted by Crippen LogP contribution is -2.21. The molecule has 0 unspecified atom stereocenters. The van der Waals surface area contributed by atoms with Crippen molar-refractivity contribution in [2.24, 2.45) is 0 Å². The summed E-state index contributed by atoms with van der Waals surface area (Å²) in [7, 11) is 0.744. The van der Waals surface area contributed by atoms with Crippen LogP contribution in [0.5, 0.6) is 5.75 Å². The molecule has 0 aliphatic carbocycles. The van der Waals surface area contributed by atoms with Crippen LogP contribution in [0.1, 0.15) is 22.5 Å². The zero-order valence-electron chi connectivity index (χ0n) is 9.98. The molecule has 1 heterocycles. The van der Waals surface area contributed by atoms with Crippen LogP contribution in [0, 0.1) is 10.1 Å². The van der Waals surface area contributed by atoms with Crippen LogP contribution in [0.2, 0.25) is 0 Å². The third kappa shape index (κ3) is 3.97. The summed E-state index contributed by atoms with van der Waals surface area (Å²) in [6.07, 6.45) is -8.76. The topological polar surface area (TPSA) is 91.6 Å². The lowest BCUT2D eigenvalue weighted by Gasteiger charge is -2.12. The molecule has 0 radical (unpaired) electrons. The summed E-state index contributed by atoms with van der Waals surface area (Å²) in [5.41, 5.74) is -2.46. The van der Waals surface area contributed by atoms with Gasteiger partial charge in [0.2, 0.25) is 11.4 Å². The monoisotopic (exact) mass is 316 g/mol. The van der Waals surface area contributed by atoms with Gasteiger partial charge in [-0.25, -0.2) is 13.6 Å². The second kappa shape index (κ2) is 5.85. The van der Waals surface area contributed by atoms with Gasteiger partial charge in [0.15, 0.2) is 0 Å². The Morgan fingerprint density at radius 3 is 2.38 bits per heavy atom. The number of carbonyl (C=O) groups excluding carboxylic acids is 1. The molecule has 0 fully saturated rings. The highest BCUT2D eigenvalue weighted by Crippen LogP contribution is 2.36. The van der Waals surface area contributed by atoms with Gasteiger partial charge < -0.3 is 19.6 Å². The van der Waals surface area contributed by atoms with Crippen molar-refractivity contribution in [2.45, 2.75) is 12.8 Å². The molecule has 0 aliphatic heterocycles. The fourth-order valence-electron chi connectivity index (χ4n) is 1.25. The Hall–Kier alpha value is -2.53. The zero-order chi connectivity index (χ0) is 16.4. The maximum atomic E-state index is 12.5. The van der Waals surface area contributed by atoms with Gasteiger partial charge in [0.1, 0.15) is 5.56 Å². The molecule has 116 valence electrons.